The van der Waals surface area contributed by atoms with Gasteiger partial charge >= 0.3 is 5.97 Å². The van der Waals surface area contributed by atoms with Crippen molar-refractivity contribution in [1.82, 2.24) is 4.98 Å². The molecule has 0 bridgehead atoms. The lowest BCUT2D eigenvalue weighted by Crippen LogP contribution is -2.03. The van der Waals surface area contributed by atoms with Crippen LogP contribution in [0.25, 0.3) is 11.1 Å². The van der Waals surface area contributed by atoms with E-state index in [-0.39, 0.29) is 11.6 Å². The molecule has 0 fully saturated rings. The van der Waals surface area contributed by atoms with Crippen molar-refractivity contribution in [3.8, 4) is 11.1 Å². The Balaban J connectivity index is 2.58. The summed E-state index contributed by atoms with van der Waals surface area (Å²) in [5, 5.41) is 9.01. The molecule has 1 heterocycles. The summed E-state index contributed by atoms with van der Waals surface area (Å²) in [6.45, 7) is 0. The van der Waals surface area contributed by atoms with Gasteiger partial charge in [-0.2, -0.15) is 0 Å². The van der Waals surface area contributed by atoms with E-state index in [4.69, 9.17) is 16.7 Å². The van der Waals surface area contributed by atoms with Crippen LogP contribution in [0.2, 0.25) is 5.15 Å². The first-order valence-corrected chi connectivity index (χ1v) is 5.57. The van der Waals surface area contributed by atoms with Crippen molar-refractivity contribution in [2.24, 2.45) is 0 Å². The minimum absolute atomic E-state index is 0.166. The maximum absolute atomic E-state index is 13.2. The van der Waals surface area contributed by atoms with Crippen LogP contribution in [0.3, 0.4) is 0 Å². The van der Waals surface area contributed by atoms with Crippen LogP contribution in [0.15, 0.2) is 36.5 Å². The number of hydrogen-bond acceptors (Lipinski definition) is 2. The maximum Gasteiger partial charge on any atom is 0.307 e. The molecule has 0 aliphatic rings. The fraction of sp³-hybridized carbons (Fsp3) is 0.0769. The number of hydrogen-bond donors (Lipinski definition) is 1. The summed E-state index contributed by atoms with van der Waals surface area (Å²) in [7, 11) is 0. The van der Waals surface area contributed by atoms with Gasteiger partial charge in [-0.3, -0.25) is 4.79 Å². The number of nitrogens with zero attached hydrogens (tertiary/aromatic N) is 1. The minimum Gasteiger partial charge on any atom is -0.481 e. The normalized spacial score (nSPS) is 10.3. The van der Waals surface area contributed by atoms with Gasteiger partial charge in [-0.15, -0.1) is 0 Å². The van der Waals surface area contributed by atoms with Gasteiger partial charge in [0.15, 0.2) is 0 Å². The Bertz CT molecular complexity index is 601. The lowest BCUT2D eigenvalue weighted by atomic mass is 10.00. The molecule has 92 valence electrons. The summed E-state index contributed by atoms with van der Waals surface area (Å²) in [5.41, 5.74) is 1.48. The SMILES string of the molecule is O=C(O)Cc1ccnc(Cl)c1-c1cccc(F)c1. The number of rotatable bonds is 3. The van der Waals surface area contributed by atoms with Crippen LogP contribution in [0, 0.1) is 5.82 Å². The van der Waals surface area contributed by atoms with E-state index >= 15 is 0 Å². The van der Waals surface area contributed by atoms with Crippen LogP contribution >= 0.6 is 11.6 Å². The maximum atomic E-state index is 13.2. The highest BCUT2D eigenvalue weighted by atomic mass is 35.5. The Labute approximate surface area is 108 Å². The Morgan fingerprint density at radius 2 is 2.17 bits per heavy atom. The first kappa shape index (κ1) is 12.5. The van der Waals surface area contributed by atoms with E-state index < -0.39 is 11.8 Å². The Hall–Kier alpha value is -1.94. The molecular weight excluding hydrogens is 257 g/mol. The highest BCUT2D eigenvalue weighted by Crippen LogP contribution is 2.30. The second kappa shape index (κ2) is 5.14. The third-order valence-electron chi connectivity index (χ3n) is 2.45. The molecule has 0 amide bonds. The van der Waals surface area contributed by atoms with Gasteiger partial charge in [0.25, 0.3) is 0 Å². The predicted molar refractivity (Wildman–Crippen MR) is 66.0 cm³/mol. The molecule has 0 atom stereocenters. The summed E-state index contributed by atoms with van der Waals surface area (Å²) < 4.78 is 13.2. The highest BCUT2D eigenvalue weighted by molar-refractivity contribution is 6.32. The van der Waals surface area contributed by atoms with Crippen molar-refractivity contribution in [2.75, 3.05) is 0 Å². The van der Waals surface area contributed by atoms with Gasteiger partial charge in [-0.25, -0.2) is 9.37 Å². The number of carbonyl (C=O) groups is 1. The van der Waals surface area contributed by atoms with E-state index in [0.29, 0.717) is 16.7 Å². The van der Waals surface area contributed by atoms with Crippen LogP contribution in [0.1, 0.15) is 5.56 Å². The number of halogens is 2. The third kappa shape index (κ3) is 2.65. The van der Waals surface area contributed by atoms with E-state index in [1.165, 1.54) is 18.3 Å². The number of carboxylic acid groups (broad SMARTS) is 1. The topological polar surface area (TPSA) is 50.2 Å². The quantitative estimate of drug-likeness (QED) is 0.867. The highest BCUT2D eigenvalue weighted by Gasteiger charge is 2.13. The van der Waals surface area contributed by atoms with Crippen molar-refractivity contribution in [2.45, 2.75) is 6.42 Å². The molecule has 5 heteroatoms. The molecule has 1 N–H and O–H groups in total. The second-order valence-corrected chi connectivity index (χ2v) is 4.07. The van der Waals surface area contributed by atoms with Gasteiger partial charge in [0, 0.05) is 11.8 Å². The van der Waals surface area contributed by atoms with Crippen LogP contribution in [0.4, 0.5) is 4.39 Å². The Morgan fingerprint density at radius 3 is 2.83 bits per heavy atom. The van der Waals surface area contributed by atoms with Gasteiger partial charge in [-0.1, -0.05) is 23.7 Å². The molecule has 0 radical (unpaired) electrons. The molecule has 2 aromatic rings. The summed E-state index contributed by atoms with van der Waals surface area (Å²) >= 11 is 5.97. The number of aromatic nitrogens is 1. The molecule has 0 spiro atoms. The Kier molecular flexibility index (Phi) is 3.58. The van der Waals surface area contributed by atoms with Crippen molar-refractivity contribution in [1.29, 1.82) is 0 Å². The van der Waals surface area contributed by atoms with Crippen molar-refractivity contribution in [3.05, 3.63) is 53.1 Å². The lowest BCUT2D eigenvalue weighted by Gasteiger charge is -2.09. The minimum atomic E-state index is -0.977. The number of carboxylic acids is 1. The lowest BCUT2D eigenvalue weighted by molar-refractivity contribution is -0.136. The summed E-state index contributed by atoms with van der Waals surface area (Å²) in [4.78, 5) is 14.7. The van der Waals surface area contributed by atoms with Crippen molar-refractivity contribution >= 4 is 17.6 Å². The Morgan fingerprint density at radius 1 is 1.39 bits per heavy atom. The fourth-order valence-corrected chi connectivity index (χ4v) is 2.02. The number of pyridine rings is 1. The first-order valence-electron chi connectivity index (χ1n) is 5.19. The number of aliphatic carboxylic acids is 1. The predicted octanol–water partition coefficient (Wildman–Crippen LogP) is 3.17. The third-order valence-corrected chi connectivity index (χ3v) is 2.73. The summed E-state index contributed by atoms with van der Waals surface area (Å²) in [6, 6.07) is 7.38. The zero-order valence-corrected chi connectivity index (χ0v) is 9.99. The monoisotopic (exact) mass is 265 g/mol. The van der Waals surface area contributed by atoms with Gasteiger partial charge in [0.1, 0.15) is 11.0 Å². The molecule has 0 aliphatic carbocycles. The standard InChI is InChI=1S/C13H9ClFNO2/c14-13-12(8-2-1-3-10(15)6-8)9(4-5-16-13)7-11(17)18/h1-6H,7H2,(H,17,18). The smallest absolute Gasteiger partial charge is 0.307 e. The van der Waals surface area contributed by atoms with Crippen LogP contribution < -0.4 is 0 Å². The first-order chi connectivity index (χ1) is 8.58. The molecule has 18 heavy (non-hydrogen) atoms. The van der Waals surface area contributed by atoms with Gasteiger partial charge in [0.05, 0.1) is 6.42 Å². The molecule has 1 aromatic heterocycles. The molecule has 0 saturated heterocycles. The average Bonchev–Trinajstić information content (AvgIpc) is 2.28. The molecule has 3 nitrogen and oxygen atoms in total. The van der Waals surface area contributed by atoms with Crippen LogP contribution in [-0.2, 0) is 11.2 Å². The van der Waals surface area contributed by atoms with E-state index in [1.54, 1.807) is 18.2 Å². The van der Waals surface area contributed by atoms with E-state index in [2.05, 4.69) is 4.98 Å². The molecular formula is C13H9ClFNO2. The van der Waals surface area contributed by atoms with Crippen molar-refractivity contribution < 1.29 is 14.3 Å². The summed E-state index contributed by atoms with van der Waals surface area (Å²) in [6.07, 6.45) is 1.25. The molecule has 0 saturated carbocycles. The average molecular weight is 266 g/mol. The summed E-state index contributed by atoms with van der Waals surface area (Å²) in [5.74, 6) is -1.39. The molecule has 2 rings (SSSR count). The fourth-order valence-electron chi connectivity index (χ4n) is 1.73. The zero-order valence-electron chi connectivity index (χ0n) is 9.23. The van der Waals surface area contributed by atoms with E-state index in [0.717, 1.165) is 0 Å². The number of benzene rings is 1. The van der Waals surface area contributed by atoms with Gasteiger partial charge in [-0.05, 0) is 29.3 Å². The van der Waals surface area contributed by atoms with E-state index in [9.17, 15) is 9.18 Å². The molecule has 0 unspecified atom stereocenters. The second-order valence-electron chi connectivity index (χ2n) is 3.72. The zero-order chi connectivity index (χ0) is 13.1. The molecule has 1 aromatic carbocycles. The van der Waals surface area contributed by atoms with E-state index in [1.807, 2.05) is 0 Å². The van der Waals surface area contributed by atoms with Gasteiger partial charge in [0.2, 0.25) is 0 Å². The van der Waals surface area contributed by atoms with Crippen LogP contribution in [-0.4, -0.2) is 16.1 Å². The van der Waals surface area contributed by atoms with Gasteiger partial charge < -0.3 is 5.11 Å². The van der Waals surface area contributed by atoms with Crippen molar-refractivity contribution in [3.63, 3.8) is 0 Å². The van der Waals surface area contributed by atoms with Crippen LogP contribution in [0.5, 0.6) is 0 Å². The largest absolute Gasteiger partial charge is 0.481 e. The molecule has 0 aliphatic heterocycles.